The van der Waals surface area contributed by atoms with Gasteiger partial charge in [0.1, 0.15) is 5.76 Å². The van der Waals surface area contributed by atoms with Crippen LogP contribution in [0.25, 0.3) is 0 Å². The first-order chi connectivity index (χ1) is 9.72. The van der Waals surface area contributed by atoms with Crippen LogP contribution in [-0.2, 0) is 4.79 Å². The number of unbranched alkanes of at least 4 members (excludes halogenated alkanes) is 8. The molecular weight excluding hydrogens is 252 g/mol. The molecule has 1 heterocycles. The molecule has 20 heavy (non-hydrogen) atoms. The zero-order chi connectivity index (χ0) is 14.6. The quantitative estimate of drug-likeness (QED) is 0.590. The first-order valence-corrected chi connectivity index (χ1v) is 7.95. The first kappa shape index (κ1) is 16.7. The van der Waals surface area contributed by atoms with Crippen molar-refractivity contribution in [3.05, 3.63) is 11.8 Å². The molecule has 0 aliphatic carbocycles. The van der Waals surface area contributed by atoms with Gasteiger partial charge in [0.25, 0.3) is 0 Å². The average molecular weight is 280 g/mol. The Morgan fingerprint density at radius 3 is 2.25 bits per heavy atom. The number of hydrogen-bond donors (Lipinski definition) is 1. The number of aryl methyl sites for hydroxylation is 1. The highest BCUT2D eigenvalue weighted by Crippen LogP contribution is 2.12. The molecule has 0 bridgehead atoms. The summed E-state index contributed by atoms with van der Waals surface area (Å²) in [4.78, 5) is 11.6. The third-order valence-corrected chi connectivity index (χ3v) is 3.40. The molecule has 0 unspecified atom stereocenters. The number of nitrogens with zero attached hydrogens (tertiary/aromatic N) is 1. The topological polar surface area (TPSA) is 55.1 Å². The Morgan fingerprint density at radius 1 is 1.10 bits per heavy atom. The van der Waals surface area contributed by atoms with E-state index in [1.807, 2.05) is 6.92 Å². The van der Waals surface area contributed by atoms with Gasteiger partial charge < -0.3 is 9.84 Å². The number of carbonyl (C=O) groups is 1. The minimum Gasteiger partial charge on any atom is -0.360 e. The fourth-order valence-electron chi connectivity index (χ4n) is 2.23. The molecule has 0 atom stereocenters. The lowest BCUT2D eigenvalue weighted by atomic mass is 10.1. The fraction of sp³-hybridized carbons (Fsp3) is 0.750. The molecule has 1 rings (SSSR count). The van der Waals surface area contributed by atoms with Crippen molar-refractivity contribution in [1.82, 2.24) is 5.16 Å². The molecular formula is C16H28N2O2. The Hall–Kier alpha value is -1.32. The van der Waals surface area contributed by atoms with Crippen molar-refractivity contribution in [2.45, 2.75) is 78.1 Å². The van der Waals surface area contributed by atoms with Crippen molar-refractivity contribution in [2.75, 3.05) is 5.32 Å². The van der Waals surface area contributed by atoms with Crippen LogP contribution in [0.15, 0.2) is 10.6 Å². The Bertz CT molecular complexity index is 374. The van der Waals surface area contributed by atoms with Crippen LogP contribution < -0.4 is 5.32 Å². The maximum Gasteiger partial charge on any atom is 0.225 e. The summed E-state index contributed by atoms with van der Waals surface area (Å²) in [5, 5.41) is 6.49. The zero-order valence-electron chi connectivity index (χ0n) is 12.9. The minimum absolute atomic E-state index is 0.0289. The number of amides is 1. The van der Waals surface area contributed by atoms with E-state index in [2.05, 4.69) is 17.4 Å². The van der Waals surface area contributed by atoms with E-state index in [0.29, 0.717) is 18.0 Å². The molecule has 0 saturated heterocycles. The molecule has 1 aromatic heterocycles. The summed E-state index contributed by atoms with van der Waals surface area (Å²) in [6, 6.07) is 1.73. The lowest BCUT2D eigenvalue weighted by Crippen LogP contribution is -2.11. The molecule has 4 heteroatoms. The Labute approximate surface area is 122 Å². The van der Waals surface area contributed by atoms with E-state index in [1.165, 1.54) is 44.9 Å². The molecule has 0 aromatic carbocycles. The Kier molecular flexibility index (Phi) is 8.76. The molecule has 1 amide bonds. The molecule has 1 N–H and O–H groups in total. The molecule has 0 spiro atoms. The second-order valence-electron chi connectivity index (χ2n) is 5.45. The molecule has 0 aliphatic heterocycles. The molecule has 1 aromatic rings. The molecule has 4 nitrogen and oxygen atoms in total. The number of hydrogen-bond acceptors (Lipinski definition) is 3. The van der Waals surface area contributed by atoms with E-state index >= 15 is 0 Å². The lowest BCUT2D eigenvalue weighted by Gasteiger charge is -2.02. The van der Waals surface area contributed by atoms with Gasteiger partial charge in [-0.2, -0.15) is 0 Å². The van der Waals surface area contributed by atoms with E-state index in [0.717, 1.165) is 12.8 Å². The summed E-state index contributed by atoms with van der Waals surface area (Å²) in [7, 11) is 0. The summed E-state index contributed by atoms with van der Waals surface area (Å²) >= 11 is 0. The SMILES string of the molecule is CCCCCCCCCCCC(=O)Nc1cc(C)on1. The molecule has 0 saturated carbocycles. The van der Waals surface area contributed by atoms with Crippen LogP contribution in [0.5, 0.6) is 0 Å². The highest BCUT2D eigenvalue weighted by Gasteiger charge is 2.05. The van der Waals surface area contributed by atoms with Crippen LogP contribution in [0, 0.1) is 6.92 Å². The normalized spacial score (nSPS) is 10.7. The average Bonchev–Trinajstić information content (AvgIpc) is 2.82. The second kappa shape index (κ2) is 10.5. The van der Waals surface area contributed by atoms with E-state index in [4.69, 9.17) is 4.52 Å². The largest absolute Gasteiger partial charge is 0.360 e. The lowest BCUT2D eigenvalue weighted by molar-refractivity contribution is -0.116. The van der Waals surface area contributed by atoms with Crippen molar-refractivity contribution in [3.63, 3.8) is 0 Å². The van der Waals surface area contributed by atoms with Crippen molar-refractivity contribution < 1.29 is 9.32 Å². The molecule has 0 radical (unpaired) electrons. The van der Waals surface area contributed by atoms with Gasteiger partial charge in [0, 0.05) is 12.5 Å². The van der Waals surface area contributed by atoms with Gasteiger partial charge in [-0.1, -0.05) is 63.4 Å². The molecule has 0 fully saturated rings. The van der Waals surface area contributed by atoms with Gasteiger partial charge in [-0.15, -0.1) is 0 Å². The van der Waals surface area contributed by atoms with Gasteiger partial charge >= 0.3 is 0 Å². The van der Waals surface area contributed by atoms with E-state index in [9.17, 15) is 4.79 Å². The van der Waals surface area contributed by atoms with Crippen LogP contribution in [-0.4, -0.2) is 11.1 Å². The maximum absolute atomic E-state index is 11.6. The Balaban J connectivity index is 1.92. The van der Waals surface area contributed by atoms with E-state index in [1.54, 1.807) is 6.07 Å². The number of anilines is 1. The molecule has 0 aliphatic rings. The minimum atomic E-state index is 0.0289. The first-order valence-electron chi connectivity index (χ1n) is 7.95. The van der Waals surface area contributed by atoms with Crippen molar-refractivity contribution in [2.24, 2.45) is 0 Å². The van der Waals surface area contributed by atoms with E-state index < -0.39 is 0 Å². The van der Waals surface area contributed by atoms with Gasteiger partial charge in [0.05, 0.1) is 0 Å². The summed E-state index contributed by atoms with van der Waals surface area (Å²) in [6.45, 7) is 4.05. The van der Waals surface area contributed by atoms with Crippen LogP contribution in [0.2, 0.25) is 0 Å². The van der Waals surface area contributed by atoms with Crippen molar-refractivity contribution in [1.29, 1.82) is 0 Å². The number of nitrogens with one attached hydrogen (secondary N) is 1. The third kappa shape index (κ3) is 7.97. The van der Waals surface area contributed by atoms with Crippen molar-refractivity contribution in [3.8, 4) is 0 Å². The number of aromatic nitrogens is 1. The summed E-state index contributed by atoms with van der Waals surface area (Å²) in [5.41, 5.74) is 0. The summed E-state index contributed by atoms with van der Waals surface area (Å²) in [6.07, 6.45) is 11.9. The van der Waals surface area contributed by atoms with Gasteiger partial charge in [-0.3, -0.25) is 4.79 Å². The predicted molar refractivity (Wildman–Crippen MR) is 81.7 cm³/mol. The number of rotatable bonds is 11. The maximum atomic E-state index is 11.6. The smallest absolute Gasteiger partial charge is 0.225 e. The third-order valence-electron chi connectivity index (χ3n) is 3.40. The monoisotopic (exact) mass is 280 g/mol. The molecule has 114 valence electrons. The highest BCUT2D eigenvalue weighted by molar-refractivity contribution is 5.89. The van der Waals surface area contributed by atoms with Gasteiger partial charge in [0.2, 0.25) is 5.91 Å². The highest BCUT2D eigenvalue weighted by atomic mass is 16.5. The van der Waals surface area contributed by atoms with Gasteiger partial charge in [-0.05, 0) is 13.3 Å². The van der Waals surface area contributed by atoms with E-state index in [-0.39, 0.29) is 5.91 Å². The fourth-order valence-corrected chi connectivity index (χ4v) is 2.23. The summed E-state index contributed by atoms with van der Waals surface area (Å²) in [5.74, 6) is 1.26. The van der Waals surface area contributed by atoms with Crippen LogP contribution in [0.3, 0.4) is 0 Å². The van der Waals surface area contributed by atoms with Gasteiger partial charge in [0.15, 0.2) is 5.82 Å². The van der Waals surface area contributed by atoms with Crippen LogP contribution in [0.4, 0.5) is 5.82 Å². The van der Waals surface area contributed by atoms with Crippen LogP contribution in [0.1, 0.15) is 76.9 Å². The van der Waals surface area contributed by atoms with Crippen LogP contribution >= 0.6 is 0 Å². The van der Waals surface area contributed by atoms with Gasteiger partial charge in [-0.25, -0.2) is 0 Å². The second-order valence-corrected chi connectivity index (χ2v) is 5.45. The zero-order valence-corrected chi connectivity index (χ0v) is 12.9. The standard InChI is InChI=1S/C16H28N2O2/c1-3-4-5-6-7-8-9-10-11-12-16(19)17-15-13-14(2)20-18-15/h13H,3-12H2,1-2H3,(H,17,18,19). The predicted octanol–water partition coefficient (Wildman–Crippen LogP) is 4.84. The summed E-state index contributed by atoms with van der Waals surface area (Å²) < 4.78 is 4.90. The Morgan fingerprint density at radius 2 is 1.70 bits per heavy atom. The van der Waals surface area contributed by atoms with Crippen molar-refractivity contribution >= 4 is 11.7 Å². The number of carbonyl (C=O) groups excluding carboxylic acids is 1.